The van der Waals surface area contributed by atoms with Crippen LogP contribution in [0, 0.1) is 5.92 Å². The van der Waals surface area contributed by atoms with Gasteiger partial charge in [-0.2, -0.15) is 0 Å². The molecule has 1 aromatic rings. The molecule has 2 rings (SSSR count). The molecule has 1 fully saturated rings. The van der Waals surface area contributed by atoms with Crippen LogP contribution in [0.5, 0.6) is 0 Å². The van der Waals surface area contributed by atoms with E-state index < -0.39 is 10.0 Å². The monoisotopic (exact) mass is 301 g/mol. The number of nitrogens with zero attached hydrogens (tertiary/aromatic N) is 2. The van der Waals surface area contributed by atoms with Crippen molar-refractivity contribution in [1.82, 2.24) is 14.9 Å². The molecule has 7 heteroatoms. The number of hydrogen-bond acceptors (Lipinski definition) is 5. The first-order chi connectivity index (χ1) is 9.37. The van der Waals surface area contributed by atoms with Crippen LogP contribution in [0.1, 0.15) is 63.7 Å². The molecule has 0 aliphatic heterocycles. The minimum Gasteiger partial charge on any atom is -0.425 e. The summed E-state index contributed by atoms with van der Waals surface area (Å²) in [6, 6.07) is 0. The van der Waals surface area contributed by atoms with Crippen LogP contribution in [0.4, 0.5) is 0 Å². The highest BCUT2D eigenvalue weighted by molar-refractivity contribution is 7.89. The zero-order chi connectivity index (χ0) is 14.8. The number of hydrogen-bond donors (Lipinski definition) is 1. The molecule has 114 valence electrons. The summed E-state index contributed by atoms with van der Waals surface area (Å²) in [6.45, 7) is 6.34. The lowest BCUT2D eigenvalue weighted by Gasteiger charge is -2.10. The van der Waals surface area contributed by atoms with Crippen LogP contribution < -0.4 is 4.72 Å². The van der Waals surface area contributed by atoms with E-state index >= 15 is 0 Å². The van der Waals surface area contributed by atoms with Crippen molar-refractivity contribution in [2.24, 2.45) is 5.92 Å². The molecule has 0 amide bonds. The van der Waals surface area contributed by atoms with Gasteiger partial charge in [-0.15, -0.1) is 10.2 Å². The maximum absolute atomic E-state index is 11.8. The third-order valence-electron chi connectivity index (χ3n) is 3.34. The van der Waals surface area contributed by atoms with Crippen LogP contribution >= 0.6 is 0 Å². The average molecular weight is 301 g/mol. The van der Waals surface area contributed by atoms with Crippen molar-refractivity contribution in [3.63, 3.8) is 0 Å². The molecule has 6 nitrogen and oxygen atoms in total. The lowest BCUT2D eigenvalue weighted by molar-refractivity contribution is 0.420. The van der Waals surface area contributed by atoms with E-state index in [0.717, 1.165) is 12.8 Å². The summed E-state index contributed by atoms with van der Waals surface area (Å²) < 4.78 is 31.8. The Hall–Kier alpha value is -0.950. The Morgan fingerprint density at radius 1 is 1.30 bits per heavy atom. The number of rotatable bonds is 8. The second-order valence-electron chi connectivity index (χ2n) is 6.00. The van der Waals surface area contributed by atoms with Crippen LogP contribution in [0.15, 0.2) is 4.42 Å². The molecule has 1 aliphatic carbocycles. The molecule has 0 saturated heterocycles. The first-order valence-electron chi connectivity index (χ1n) is 7.18. The standard InChI is InChI=1S/C13H23N3O3S/c1-9(2)8-14-20(17,18)7-6-10(3)12-15-16-13(19-12)11-4-5-11/h9-11,14H,4-8H2,1-3H3. The highest BCUT2D eigenvalue weighted by atomic mass is 32.2. The Balaban J connectivity index is 1.82. The van der Waals surface area contributed by atoms with E-state index in [1.54, 1.807) is 0 Å². The first kappa shape index (κ1) is 15.4. The van der Waals surface area contributed by atoms with E-state index in [1.807, 2.05) is 20.8 Å². The first-order valence-corrected chi connectivity index (χ1v) is 8.83. The molecule has 1 aromatic heterocycles. The van der Waals surface area contributed by atoms with Crippen LogP contribution in [0.25, 0.3) is 0 Å². The van der Waals surface area contributed by atoms with E-state index in [4.69, 9.17) is 4.42 Å². The maximum Gasteiger partial charge on any atom is 0.219 e. The Morgan fingerprint density at radius 3 is 2.60 bits per heavy atom. The molecule has 0 radical (unpaired) electrons. The zero-order valence-corrected chi connectivity index (χ0v) is 13.1. The summed E-state index contributed by atoms with van der Waals surface area (Å²) >= 11 is 0. The predicted octanol–water partition coefficient (Wildman–Crippen LogP) is 2.02. The Bertz CT molecular complexity index is 535. The van der Waals surface area contributed by atoms with Gasteiger partial charge >= 0.3 is 0 Å². The van der Waals surface area contributed by atoms with Gasteiger partial charge in [-0.05, 0) is 25.2 Å². The largest absolute Gasteiger partial charge is 0.425 e. The Morgan fingerprint density at radius 2 is 2.00 bits per heavy atom. The SMILES string of the molecule is CC(C)CNS(=O)(=O)CCC(C)c1nnc(C2CC2)o1. The fraction of sp³-hybridized carbons (Fsp3) is 0.846. The molecule has 0 bridgehead atoms. The van der Waals surface area contributed by atoms with Gasteiger partial charge in [0, 0.05) is 18.4 Å². The van der Waals surface area contributed by atoms with Crippen LogP contribution in [0.2, 0.25) is 0 Å². The van der Waals surface area contributed by atoms with Crippen molar-refractivity contribution in [1.29, 1.82) is 0 Å². The molecule has 1 saturated carbocycles. The van der Waals surface area contributed by atoms with Gasteiger partial charge in [0.05, 0.1) is 5.75 Å². The fourth-order valence-electron chi connectivity index (χ4n) is 1.76. The summed E-state index contributed by atoms with van der Waals surface area (Å²) in [5, 5.41) is 8.04. The molecule has 0 spiro atoms. The van der Waals surface area contributed by atoms with Gasteiger partial charge in [-0.25, -0.2) is 13.1 Å². The topological polar surface area (TPSA) is 85.1 Å². The zero-order valence-electron chi connectivity index (χ0n) is 12.3. The van der Waals surface area contributed by atoms with Gasteiger partial charge in [0.25, 0.3) is 0 Å². The van der Waals surface area contributed by atoms with E-state index in [2.05, 4.69) is 14.9 Å². The van der Waals surface area contributed by atoms with Crippen molar-refractivity contribution in [2.45, 2.75) is 51.9 Å². The second kappa shape index (κ2) is 6.22. The fourth-order valence-corrected chi connectivity index (χ4v) is 3.16. The van der Waals surface area contributed by atoms with Crippen molar-refractivity contribution < 1.29 is 12.8 Å². The van der Waals surface area contributed by atoms with Gasteiger partial charge in [0.2, 0.25) is 21.8 Å². The lowest BCUT2D eigenvalue weighted by atomic mass is 10.1. The minimum absolute atomic E-state index is 0.0365. The molecule has 1 N–H and O–H groups in total. The lowest BCUT2D eigenvalue weighted by Crippen LogP contribution is -2.30. The van der Waals surface area contributed by atoms with E-state index in [1.165, 1.54) is 0 Å². The smallest absolute Gasteiger partial charge is 0.219 e. The summed E-state index contributed by atoms with van der Waals surface area (Å²) in [4.78, 5) is 0. The molecule has 0 aromatic carbocycles. The third kappa shape index (κ3) is 4.56. The average Bonchev–Trinajstić information content (AvgIpc) is 3.12. The van der Waals surface area contributed by atoms with Crippen molar-refractivity contribution in [2.75, 3.05) is 12.3 Å². The van der Waals surface area contributed by atoms with Crippen molar-refractivity contribution >= 4 is 10.0 Å². The van der Waals surface area contributed by atoms with Crippen molar-refractivity contribution in [3.05, 3.63) is 11.8 Å². The molecular formula is C13H23N3O3S. The number of nitrogens with one attached hydrogen (secondary N) is 1. The van der Waals surface area contributed by atoms with Crippen molar-refractivity contribution in [3.8, 4) is 0 Å². The van der Waals surface area contributed by atoms with E-state index in [0.29, 0.717) is 36.6 Å². The quantitative estimate of drug-likeness (QED) is 0.794. The highest BCUT2D eigenvalue weighted by Gasteiger charge is 2.30. The molecule has 1 heterocycles. The summed E-state index contributed by atoms with van der Waals surface area (Å²) in [5.41, 5.74) is 0. The molecular weight excluding hydrogens is 278 g/mol. The predicted molar refractivity (Wildman–Crippen MR) is 75.9 cm³/mol. The molecule has 20 heavy (non-hydrogen) atoms. The number of sulfonamides is 1. The van der Waals surface area contributed by atoms with Crippen LogP contribution in [0.3, 0.4) is 0 Å². The Kier molecular flexibility index (Phi) is 4.80. The third-order valence-corrected chi connectivity index (χ3v) is 4.72. The maximum atomic E-state index is 11.8. The summed E-state index contributed by atoms with van der Waals surface area (Å²) in [5.74, 6) is 2.03. The summed E-state index contributed by atoms with van der Waals surface area (Å²) in [6.07, 6.45) is 2.72. The normalized spacial score (nSPS) is 17.6. The second-order valence-corrected chi connectivity index (χ2v) is 7.93. The Labute approximate surface area is 120 Å². The van der Waals surface area contributed by atoms with E-state index in [-0.39, 0.29) is 11.7 Å². The van der Waals surface area contributed by atoms with Crippen LogP contribution in [-0.4, -0.2) is 30.9 Å². The van der Waals surface area contributed by atoms with Gasteiger partial charge in [0.15, 0.2) is 0 Å². The number of aromatic nitrogens is 2. The summed E-state index contributed by atoms with van der Waals surface area (Å²) in [7, 11) is -3.22. The van der Waals surface area contributed by atoms with E-state index in [9.17, 15) is 8.42 Å². The van der Waals surface area contributed by atoms with Crippen LogP contribution in [-0.2, 0) is 10.0 Å². The molecule has 1 aliphatic rings. The molecule has 1 atom stereocenters. The van der Waals surface area contributed by atoms with Gasteiger partial charge in [-0.1, -0.05) is 20.8 Å². The van der Waals surface area contributed by atoms with Gasteiger partial charge < -0.3 is 4.42 Å². The highest BCUT2D eigenvalue weighted by Crippen LogP contribution is 2.39. The van der Waals surface area contributed by atoms with Gasteiger partial charge in [0.1, 0.15) is 0 Å². The van der Waals surface area contributed by atoms with Gasteiger partial charge in [-0.3, -0.25) is 0 Å². The minimum atomic E-state index is -3.22. The molecule has 1 unspecified atom stereocenters.